The van der Waals surface area contributed by atoms with Crippen LogP contribution >= 0.6 is 0 Å². The Balaban J connectivity index is 2.08. The molecule has 1 aliphatic rings. The van der Waals surface area contributed by atoms with Crippen molar-refractivity contribution in [1.82, 2.24) is 5.32 Å². The Hall–Kier alpha value is -2.44. The summed E-state index contributed by atoms with van der Waals surface area (Å²) in [6, 6.07) is 3.04. The summed E-state index contributed by atoms with van der Waals surface area (Å²) in [5, 5.41) is 2.55. The number of hydrogen-bond donors (Lipinski definition) is 3. The molecule has 1 aliphatic heterocycles. The van der Waals surface area contributed by atoms with E-state index in [1.165, 1.54) is 12.1 Å². The van der Waals surface area contributed by atoms with Crippen LogP contribution in [0.4, 0.5) is 5.69 Å². The van der Waals surface area contributed by atoms with Gasteiger partial charge in [0.2, 0.25) is 12.7 Å². The minimum Gasteiger partial charge on any atom is -0.454 e. The maximum atomic E-state index is 11.8. The molecule has 0 spiro atoms. The second kappa shape index (κ2) is 4.82. The normalized spacial score (nSPS) is 12.2. The number of rotatable bonds is 4. The van der Waals surface area contributed by atoms with Gasteiger partial charge in [-0.05, 0) is 6.07 Å². The number of nitrogens with two attached hydrogens (primary N) is 2. The van der Waals surface area contributed by atoms with Crippen molar-refractivity contribution in [2.45, 2.75) is 6.42 Å². The van der Waals surface area contributed by atoms with Gasteiger partial charge in [0.1, 0.15) is 0 Å². The minimum atomic E-state index is -0.478. The summed E-state index contributed by atoms with van der Waals surface area (Å²) in [5.41, 5.74) is 11.3. The number of nitrogen functional groups attached to an aromatic ring is 1. The molecule has 1 aromatic rings. The molecule has 1 heterocycles. The third-order valence-electron chi connectivity index (χ3n) is 2.45. The van der Waals surface area contributed by atoms with E-state index in [1.54, 1.807) is 0 Å². The van der Waals surface area contributed by atoms with E-state index in [-0.39, 0.29) is 36.9 Å². The molecule has 0 saturated heterocycles. The topological polar surface area (TPSA) is 117 Å². The molecule has 0 atom stereocenters. The monoisotopic (exact) mass is 251 g/mol. The van der Waals surface area contributed by atoms with Gasteiger partial charge in [0.05, 0.1) is 5.56 Å². The molecule has 5 N–H and O–H groups in total. The number of ether oxygens (including phenoxy) is 2. The molecule has 0 unspecified atom stereocenters. The fourth-order valence-electron chi connectivity index (χ4n) is 1.55. The summed E-state index contributed by atoms with van der Waals surface area (Å²) in [5.74, 6) is 0.131. The van der Waals surface area contributed by atoms with Crippen molar-refractivity contribution in [3.05, 3.63) is 17.7 Å². The van der Waals surface area contributed by atoms with Crippen molar-refractivity contribution in [3.63, 3.8) is 0 Å². The van der Waals surface area contributed by atoms with Crippen LogP contribution in [0.5, 0.6) is 11.5 Å². The Labute approximate surface area is 103 Å². The first kappa shape index (κ1) is 12.0. The molecule has 2 rings (SSSR count). The summed E-state index contributed by atoms with van der Waals surface area (Å²) >= 11 is 0. The fourth-order valence-corrected chi connectivity index (χ4v) is 1.55. The standard InChI is InChI=1S/C11H13N3O4/c12-7-4-9-8(17-5-18-9)3-6(7)11(16)14-2-1-10(13)15/h3-4H,1-2,5,12H2,(H2,13,15)(H,14,16). The van der Waals surface area contributed by atoms with Crippen molar-refractivity contribution in [2.75, 3.05) is 19.1 Å². The lowest BCUT2D eigenvalue weighted by atomic mass is 10.1. The molecule has 0 aliphatic carbocycles. The summed E-state index contributed by atoms with van der Waals surface area (Å²) in [6.45, 7) is 0.281. The number of amides is 2. The molecule has 0 aromatic heterocycles. The van der Waals surface area contributed by atoms with Crippen LogP contribution in [0.3, 0.4) is 0 Å². The molecule has 1 aromatic carbocycles. The highest BCUT2D eigenvalue weighted by Gasteiger charge is 2.19. The van der Waals surface area contributed by atoms with Gasteiger partial charge < -0.3 is 26.3 Å². The van der Waals surface area contributed by atoms with Crippen LogP contribution in [0.25, 0.3) is 0 Å². The molecule has 0 radical (unpaired) electrons. The highest BCUT2D eigenvalue weighted by molar-refractivity contribution is 6.00. The first-order chi connectivity index (χ1) is 8.58. The van der Waals surface area contributed by atoms with Crippen molar-refractivity contribution >= 4 is 17.5 Å². The highest BCUT2D eigenvalue weighted by Crippen LogP contribution is 2.35. The van der Waals surface area contributed by atoms with Gasteiger partial charge in [-0.3, -0.25) is 9.59 Å². The summed E-state index contributed by atoms with van der Waals surface area (Å²) < 4.78 is 10.3. The van der Waals surface area contributed by atoms with E-state index in [9.17, 15) is 9.59 Å². The number of benzene rings is 1. The van der Waals surface area contributed by atoms with Gasteiger partial charge in [-0.15, -0.1) is 0 Å². The van der Waals surface area contributed by atoms with Crippen LogP contribution in [0.1, 0.15) is 16.8 Å². The van der Waals surface area contributed by atoms with E-state index in [0.717, 1.165) is 0 Å². The molecule has 0 fully saturated rings. The van der Waals surface area contributed by atoms with Crippen molar-refractivity contribution in [1.29, 1.82) is 0 Å². The Morgan fingerprint density at radius 2 is 1.94 bits per heavy atom. The zero-order valence-electron chi connectivity index (χ0n) is 9.56. The van der Waals surface area contributed by atoms with Gasteiger partial charge in [0.15, 0.2) is 11.5 Å². The predicted molar refractivity (Wildman–Crippen MR) is 63.1 cm³/mol. The Kier molecular flexibility index (Phi) is 3.22. The van der Waals surface area contributed by atoms with E-state index in [4.69, 9.17) is 20.9 Å². The third kappa shape index (κ3) is 2.45. The number of fused-ring (bicyclic) bond motifs is 1. The van der Waals surface area contributed by atoms with Gasteiger partial charge >= 0.3 is 0 Å². The number of nitrogens with one attached hydrogen (secondary N) is 1. The van der Waals surface area contributed by atoms with Crippen LogP contribution in [0.2, 0.25) is 0 Å². The van der Waals surface area contributed by atoms with Gasteiger partial charge in [-0.1, -0.05) is 0 Å². The van der Waals surface area contributed by atoms with Gasteiger partial charge in [-0.25, -0.2) is 0 Å². The van der Waals surface area contributed by atoms with E-state index < -0.39 is 5.91 Å². The maximum Gasteiger partial charge on any atom is 0.253 e. The second-order valence-corrected chi connectivity index (χ2v) is 3.76. The fraction of sp³-hybridized carbons (Fsp3) is 0.273. The first-order valence-corrected chi connectivity index (χ1v) is 5.33. The van der Waals surface area contributed by atoms with Crippen molar-refractivity contribution < 1.29 is 19.1 Å². The summed E-state index contributed by atoms with van der Waals surface area (Å²) in [4.78, 5) is 22.4. The lowest BCUT2D eigenvalue weighted by molar-refractivity contribution is -0.117. The van der Waals surface area contributed by atoms with Gasteiger partial charge in [-0.2, -0.15) is 0 Å². The van der Waals surface area contributed by atoms with E-state index in [2.05, 4.69) is 5.32 Å². The molecular weight excluding hydrogens is 238 g/mol. The molecular formula is C11H13N3O4. The molecule has 96 valence electrons. The minimum absolute atomic E-state index is 0.0796. The molecule has 0 saturated carbocycles. The van der Waals surface area contributed by atoms with Crippen LogP contribution in [0.15, 0.2) is 12.1 Å². The van der Waals surface area contributed by atoms with Gasteiger partial charge in [0.25, 0.3) is 5.91 Å². The van der Waals surface area contributed by atoms with E-state index in [1.807, 2.05) is 0 Å². The average molecular weight is 251 g/mol. The average Bonchev–Trinajstić information content (AvgIpc) is 2.74. The number of primary amides is 1. The third-order valence-corrected chi connectivity index (χ3v) is 2.45. The zero-order chi connectivity index (χ0) is 13.1. The van der Waals surface area contributed by atoms with Crippen LogP contribution in [-0.4, -0.2) is 25.2 Å². The smallest absolute Gasteiger partial charge is 0.253 e. The molecule has 2 amide bonds. The van der Waals surface area contributed by atoms with Crippen molar-refractivity contribution in [2.24, 2.45) is 5.73 Å². The number of anilines is 1. The second-order valence-electron chi connectivity index (χ2n) is 3.76. The Morgan fingerprint density at radius 3 is 2.61 bits per heavy atom. The summed E-state index contributed by atoms with van der Waals surface area (Å²) in [6.07, 6.45) is 0.0796. The maximum absolute atomic E-state index is 11.8. The highest BCUT2D eigenvalue weighted by atomic mass is 16.7. The van der Waals surface area contributed by atoms with Crippen LogP contribution < -0.4 is 26.3 Å². The largest absolute Gasteiger partial charge is 0.454 e. The van der Waals surface area contributed by atoms with Crippen LogP contribution in [0, 0.1) is 0 Å². The molecule has 0 bridgehead atoms. The Bertz CT molecular complexity index is 501. The van der Waals surface area contributed by atoms with Gasteiger partial charge in [0, 0.05) is 24.7 Å². The number of carbonyl (C=O) groups excluding carboxylic acids is 2. The van der Waals surface area contributed by atoms with Crippen LogP contribution in [-0.2, 0) is 4.79 Å². The molecule has 7 nitrogen and oxygen atoms in total. The molecule has 7 heteroatoms. The predicted octanol–water partition coefficient (Wildman–Crippen LogP) is -0.397. The Morgan fingerprint density at radius 1 is 1.28 bits per heavy atom. The van der Waals surface area contributed by atoms with Crippen molar-refractivity contribution in [3.8, 4) is 11.5 Å². The van der Waals surface area contributed by atoms with E-state index >= 15 is 0 Å². The number of carbonyl (C=O) groups is 2. The number of hydrogen-bond acceptors (Lipinski definition) is 5. The lowest BCUT2D eigenvalue weighted by Crippen LogP contribution is -2.28. The zero-order valence-corrected chi connectivity index (χ0v) is 9.56. The lowest BCUT2D eigenvalue weighted by Gasteiger charge is -2.07. The quantitative estimate of drug-likeness (QED) is 0.630. The SMILES string of the molecule is NC(=O)CCNC(=O)c1cc2c(cc1N)OCO2. The summed E-state index contributed by atoms with van der Waals surface area (Å²) in [7, 11) is 0. The molecule has 18 heavy (non-hydrogen) atoms. The first-order valence-electron chi connectivity index (χ1n) is 5.33. The van der Waals surface area contributed by atoms with E-state index in [0.29, 0.717) is 11.5 Å².